The summed E-state index contributed by atoms with van der Waals surface area (Å²) in [5.41, 5.74) is 5.82. The number of nitrogens with zero attached hydrogens (tertiary/aromatic N) is 1. The van der Waals surface area contributed by atoms with Crippen molar-refractivity contribution in [1.29, 1.82) is 0 Å². The minimum atomic E-state index is -0.704. The third kappa shape index (κ3) is 3.55. The van der Waals surface area contributed by atoms with Crippen LogP contribution in [0, 0.1) is 6.42 Å². The zero-order valence-electron chi connectivity index (χ0n) is 8.38. The first-order chi connectivity index (χ1) is 7.13. The molecule has 1 amide bonds. The highest BCUT2D eigenvalue weighted by Gasteiger charge is 2.10. The molecule has 15 heavy (non-hydrogen) atoms. The molecule has 1 aromatic heterocycles. The number of pyridine rings is 1. The fourth-order valence-corrected chi connectivity index (χ4v) is 0.927. The van der Waals surface area contributed by atoms with E-state index in [1.807, 2.05) is 0 Å². The maximum absolute atomic E-state index is 10.7. The molecular weight excluding hydrogens is 196 g/mol. The van der Waals surface area contributed by atoms with E-state index in [2.05, 4.69) is 4.98 Å². The molecule has 81 valence electrons. The van der Waals surface area contributed by atoms with Crippen molar-refractivity contribution in [3.05, 3.63) is 30.3 Å². The molecule has 0 aliphatic heterocycles. The monoisotopic (exact) mass is 209 g/mol. The number of aliphatic hydroxyl groups is 1. The highest BCUT2D eigenvalue weighted by atomic mass is 16.5. The van der Waals surface area contributed by atoms with E-state index < -0.39 is 12.0 Å². The third-order valence-corrected chi connectivity index (χ3v) is 1.78. The summed E-state index contributed by atoms with van der Waals surface area (Å²) in [5, 5.41) is 8.63. The first-order valence-electron chi connectivity index (χ1n) is 4.49. The molecule has 1 heterocycles. The summed E-state index contributed by atoms with van der Waals surface area (Å²) in [6.07, 6.45) is 2.44. The second kappa shape index (κ2) is 5.31. The summed E-state index contributed by atoms with van der Waals surface area (Å²) in [5.74, 6) is -0.209. The van der Waals surface area contributed by atoms with E-state index >= 15 is 0 Å². The quantitative estimate of drug-likeness (QED) is 0.707. The molecular formula is C10H13N2O3. The molecule has 0 aromatic carbocycles. The number of aromatic nitrogens is 1. The van der Waals surface area contributed by atoms with Crippen molar-refractivity contribution >= 4 is 5.91 Å². The Morgan fingerprint density at radius 1 is 1.73 bits per heavy atom. The van der Waals surface area contributed by atoms with Crippen molar-refractivity contribution in [3.63, 3.8) is 0 Å². The smallest absolute Gasteiger partial charge is 0.258 e. The van der Waals surface area contributed by atoms with E-state index in [4.69, 9.17) is 15.6 Å². The minimum absolute atomic E-state index is 0.0421. The lowest BCUT2D eigenvalue weighted by Crippen LogP contribution is -2.30. The van der Waals surface area contributed by atoms with Gasteiger partial charge in [0.15, 0.2) is 6.10 Å². The van der Waals surface area contributed by atoms with Crippen LogP contribution >= 0.6 is 0 Å². The van der Waals surface area contributed by atoms with Gasteiger partial charge in [-0.3, -0.25) is 4.79 Å². The van der Waals surface area contributed by atoms with Gasteiger partial charge < -0.3 is 15.6 Å². The second-order valence-electron chi connectivity index (χ2n) is 2.98. The predicted octanol–water partition coefficient (Wildman–Crippen LogP) is -0.121. The average Bonchev–Trinajstić information content (AvgIpc) is 2.21. The van der Waals surface area contributed by atoms with Gasteiger partial charge in [0.2, 0.25) is 5.88 Å². The topological polar surface area (TPSA) is 85.4 Å². The molecule has 1 rings (SSSR count). The molecule has 0 fully saturated rings. The largest absolute Gasteiger partial charge is 0.465 e. The number of hydrogen-bond donors (Lipinski definition) is 2. The predicted molar refractivity (Wildman–Crippen MR) is 54.0 cm³/mol. The highest BCUT2D eigenvalue weighted by molar-refractivity contribution is 5.78. The first-order valence-corrected chi connectivity index (χ1v) is 4.49. The number of rotatable bonds is 5. The Balaban J connectivity index is 2.60. The van der Waals surface area contributed by atoms with Crippen LogP contribution < -0.4 is 10.5 Å². The molecule has 3 N–H and O–H groups in total. The standard InChI is InChI=1S/C10H13N2O3/c1-7(10(11)14)15-9-3-2-8(4-5-13)6-12-9/h2-4,6-7,13H,5H2,1H3,(H2,11,14)/t7-/m1/s1. The molecule has 1 atom stereocenters. The fourth-order valence-electron chi connectivity index (χ4n) is 0.927. The number of carbonyl (C=O) groups is 1. The van der Waals surface area contributed by atoms with Gasteiger partial charge in [-0.25, -0.2) is 4.98 Å². The maximum atomic E-state index is 10.7. The Morgan fingerprint density at radius 2 is 2.47 bits per heavy atom. The zero-order chi connectivity index (χ0) is 11.3. The Bertz CT molecular complexity index is 324. The van der Waals surface area contributed by atoms with E-state index in [0.717, 1.165) is 5.56 Å². The van der Waals surface area contributed by atoms with Crippen molar-refractivity contribution in [2.75, 3.05) is 6.61 Å². The van der Waals surface area contributed by atoms with Gasteiger partial charge in [-0.1, -0.05) is 6.07 Å². The number of ether oxygens (including phenoxy) is 1. The van der Waals surface area contributed by atoms with Crippen LogP contribution in [0.4, 0.5) is 0 Å². The van der Waals surface area contributed by atoms with Crippen molar-refractivity contribution in [2.45, 2.75) is 13.0 Å². The summed E-state index contributed by atoms with van der Waals surface area (Å²) in [6, 6.07) is 3.34. The summed E-state index contributed by atoms with van der Waals surface area (Å²) in [6.45, 7) is 1.51. The molecule has 1 aromatic rings. The van der Waals surface area contributed by atoms with Crippen LogP contribution in [0.2, 0.25) is 0 Å². The summed E-state index contributed by atoms with van der Waals surface area (Å²) in [7, 11) is 0. The molecule has 5 nitrogen and oxygen atoms in total. The summed E-state index contributed by atoms with van der Waals surface area (Å²) >= 11 is 0. The summed E-state index contributed by atoms with van der Waals surface area (Å²) in [4.78, 5) is 14.7. The van der Waals surface area contributed by atoms with Gasteiger partial charge in [-0.2, -0.15) is 0 Å². The molecule has 0 spiro atoms. The minimum Gasteiger partial charge on any atom is -0.465 e. The van der Waals surface area contributed by atoms with Crippen LogP contribution in [0.5, 0.6) is 5.88 Å². The molecule has 0 saturated carbocycles. The van der Waals surface area contributed by atoms with Crippen LogP contribution in [0.25, 0.3) is 0 Å². The van der Waals surface area contributed by atoms with E-state index in [0.29, 0.717) is 5.88 Å². The van der Waals surface area contributed by atoms with Gasteiger partial charge in [0, 0.05) is 18.7 Å². The Hall–Kier alpha value is -1.62. The normalized spacial score (nSPS) is 12.1. The van der Waals surface area contributed by atoms with Crippen LogP contribution in [0.3, 0.4) is 0 Å². The molecule has 0 aliphatic carbocycles. The number of hydrogen-bond acceptors (Lipinski definition) is 4. The lowest BCUT2D eigenvalue weighted by Gasteiger charge is -2.09. The molecule has 0 saturated heterocycles. The van der Waals surface area contributed by atoms with Gasteiger partial charge in [0.05, 0.1) is 6.61 Å². The second-order valence-corrected chi connectivity index (χ2v) is 2.98. The highest BCUT2D eigenvalue weighted by Crippen LogP contribution is 2.10. The number of aliphatic hydroxyl groups excluding tert-OH is 1. The van der Waals surface area contributed by atoms with Crippen LogP contribution in [-0.4, -0.2) is 28.7 Å². The average molecular weight is 209 g/mol. The first kappa shape index (κ1) is 11.5. The number of amides is 1. The molecule has 1 radical (unpaired) electrons. The number of nitrogens with two attached hydrogens (primary N) is 1. The lowest BCUT2D eigenvalue weighted by atomic mass is 10.2. The van der Waals surface area contributed by atoms with Crippen LogP contribution in [0.15, 0.2) is 18.3 Å². The number of primary amides is 1. The summed E-state index contributed by atoms with van der Waals surface area (Å²) < 4.78 is 5.15. The maximum Gasteiger partial charge on any atom is 0.258 e. The van der Waals surface area contributed by atoms with Crippen LogP contribution in [-0.2, 0) is 4.79 Å². The SMILES string of the molecule is C[C@@H](Oc1ccc([CH]CO)cn1)C(N)=O. The van der Waals surface area contributed by atoms with Gasteiger partial charge in [-0.05, 0) is 12.5 Å². The molecule has 0 unspecified atom stereocenters. The fraction of sp³-hybridized carbons (Fsp3) is 0.300. The lowest BCUT2D eigenvalue weighted by molar-refractivity contribution is -0.124. The van der Waals surface area contributed by atoms with Crippen molar-refractivity contribution in [1.82, 2.24) is 4.98 Å². The van der Waals surface area contributed by atoms with Crippen molar-refractivity contribution < 1.29 is 14.6 Å². The molecule has 0 aliphatic rings. The van der Waals surface area contributed by atoms with Gasteiger partial charge in [-0.15, -0.1) is 0 Å². The van der Waals surface area contributed by atoms with Crippen molar-refractivity contribution in [2.24, 2.45) is 5.73 Å². The van der Waals surface area contributed by atoms with Gasteiger partial charge in [0.25, 0.3) is 5.91 Å². The zero-order valence-corrected chi connectivity index (χ0v) is 8.38. The Kier molecular flexibility index (Phi) is 4.05. The molecule has 0 bridgehead atoms. The number of carbonyl (C=O) groups excluding carboxylic acids is 1. The van der Waals surface area contributed by atoms with E-state index in [9.17, 15) is 4.79 Å². The van der Waals surface area contributed by atoms with Gasteiger partial charge in [0.1, 0.15) is 0 Å². The Labute approximate surface area is 87.9 Å². The van der Waals surface area contributed by atoms with E-state index in [1.165, 1.54) is 0 Å². The van der Waals surface area contributed by atoms with Gasteiger partial charge >= 0.3 is 0 Å². The molecule has 5 heteroatoms. The van der Waals surface area contributed by atoms with E-state index in [1.54, 1.807) is 31.7 Å². The third-order valence-electron chi connectivity index (χ3n) is 1.78. The van der Waals surface area contributed by atoms with Crippen LogP contribution in [0.1, 0.15) is 12.5 Å². The van der Waals surface area contributed by atoms with E-state index in [-0.39, 0.29) is 6.61 Å². The Morgan fingerprint density at radius 3 is 2.93 bits per heavy atom. The van der Waals surface area contributed by atoms with Crippen molar-refractivity contribution in [3.8, 4) is 5.88 Å².